The van der Waals surface area contributed by atoms with Crippen molar-refractivity contribution in [2.45, 2.75) is 0 Å². The fourth-order valence-corrected chi connectivity index (χ4v) is 1.01. The summed E-state index contributed by atoms with van der Waals surface area (Å²) in [6.07, 6.45) is 1.17. The zero-order chi connectivity index (χ0) is 12.0. The van der Waals surface area contributed by atoms with Gasteiger partial charge in [0.05, 0.1) is 6.57 Å². The molecular weight excluding hydrogens is 250 g/mol. The van der Waals surface area contributed by atoms with Crippen LogP contribution >= 0.6 is 12.4 Å². The van der Waals surface area contributed by atoms with Gasteiger partial charge in [0.15, 0.2) is 0 Å². The number of hydrogen-bond acceptors (Lipinski definition) is 2. The van der Waals surface area contributed by atoms with Gasteiger partial charge in [0, 0.05) is 12.6 Å². The molecule has 92 valence electrons. The van der Waals surface area contributed by atoms with Gasteiger partial charge in [-0.25, -0.2) is 13.6 Å². The summed E-state index contributed by atoms with van der Waals surface area (Å²) < 4.78 is 30.9. The van der Waals surface area contributed by atoms with Crippen LogP contribution in [-0.2, 0) is 0 Å². The second-order valence-corrected chi connectivity index (χ2v) is 2.90. The highest BCUT2D eigenvalue weighted by molar-refractivity contribution is 5.85. The predicted molar refractivity (Wildman–Crippen MR) is 63.7 cm³/mol. The summed E-state index contributed by atoms with van der Waals surface area (Å²) in [7, 11) is 0. The lowest BCUT2D eigenvalue weighted by molar-refractivity contribution is 0.317. The van der Waals surface area contributed by atoms with Crippen molar-refractivity contribution >= 4 is 18.1 Å². The van der Waals surface area contributed by atoms with E-state index in [9.17, 15) is 8.78 Å². The van der Waals surface area contributed by atoms with Crippen molar-refractivity contribution in [1.82, 2.24) is 0 Å². The van der Waals surface area contributed by atoms with Crippen molar-refractivity contribution in [3.8, 4) is 5.75 Å². The minimum absolute atomic E-state index is 0. The van der Waals surface area contributed by atoms with E-state index in [-0.39, 0.29) is 37.0 Å². The molecule has 0 saturated heterocycles. The maximum atomic E-state index is 13.1. The Bertz CT molecular complexity index is 444. The molecule has 2 N–H and O–H groups in total. The zero-order valence-corrected chi connectivity index (χ0v) is 9.64. The molecule has 0 saturated carbocycles. The standard InChI is InChI=1S/C11H10F2N2O.ClH/c1-15-11-3-2-9(6-10(11)13)16-7-8(12)4-5-14;/h2-4,6H,5,7,14H2;1H/b8-4+;. The Morgan fingerprint density at radius 2 is 2.24 bits per heavy atom. The summed E-state index contributed by atoms with van der Waals surface area (Å²) >= 11 is 0. The Hall–Kier alpha value is -1.64. The Morgan fingerprint density at radius 3 is 2.76 bits per heavy atom. The molecule has 0 aromatic heterocycles. The predicted octanol–water partition coefficient (Wildman–Crippen LogP) is 2.99. The van der Waals surface area contributed by atoms with Gasteiger partial charge in [-0.1, -0.05) is 0 Å². The van der Waals surface area contributed by atoms with Crippen LogP contribution < -0.4 is 10.5 Å². The molecule has 1 aromatic rings. The molecular formula is C11H11ClF2N2O. The van der Waals surface area contributed by atoms with Crippen molar-refractivity contribution in [2.75, 3.05) is 13.2 Å². The van der Waals surface area contributed by atoms with Crippen LogP contribution in [0, 0.1) is 12.4 Å². The van der Waals surface area contributed by atoms with E-state index >= 15 is 0 Å². The van der Waals surface area contributed by atoms with Gasteiger partial charge in [0.25, 0.3) is 0 Å². The number of halogens is 3. The van der Waals surface area contributed by atoms with Gasteiger partial charge < -0.3 is 10.5 Å². The molecule has 0 fully saturated rings. The van der Waals surface area contributed by atoms with E-state index < -0.39 is 11.6 Å². The fourth-order valence-electron chi connectivity index (χ4n) is 1.01. The summed E-state index contributed by atoms with van der Waals surface area (Å²) in [5.41, 5.74) is 5.00. The molecule has 0 amide bonds. The average molecular weight is 261 g/mol. The summed E-state index contributed by atoms with van der Waals surface area (Å²) in [4.78, 5) is 2.95. The Balaban J connectivity index is 0.00000256. The van der Waals surface area contributed by atoms with E-state index in [2.05, 4.69) is 4.85 Å². The molecule has 0 radical (unpaired) electrons. The Morgan fingerprint density at radius 1 is 1.53 bits per heavy atom. The van der Waals surface area contributed by atoms with Crippen LogP contribution in [0.4, 0.5) is 14.5 Å². The average Bonchev–Trinajstić information content (AvgIpc) is 2.27. The molecule has 0 unspecified atom stereocenters. The summed E-state index contributed by atoms with van der Waals surface area (Å²) in [5, 5.41) is 0. The summed E-state index contributed by atoms with van der Waals surface area (Å²) in [6.45, 7) is 6.43. The molecule has 1 aromatic carbocycles. The number of hydrogen-bond donors (Lipinski definition) is 1. The van der Waals surface area contributed by atoms with Crippen molar-refractivity contribution < 1.29 is 13.5 Å². The fraction of sp³-hybridized carbons (Fsp3) is 0.182. The largest absolute Gasteiger partial charge is 0.487 e. The second kappa shape index (κ2) is 7.60. The van der Waals surface area contributed by atoms with Crippen molar-refractivity contribution in [3.63, 3.8) is 0 Å². The molecule has 3 nitrogen and oxygen atoms in total. The van der Waals surface area contributed by atoms with Gasteiger partial charge in [0.1, 0.15) is 24.0 Å². The Kier molecular flexibility index (Phi) is 6.87. The minimum atomic E-state index is -0.685. The molecule has 0 heterocycles. The first kappa shape index (κ1) is 15.4. The number of nitrogens with zero attached hydrogens (tertiary/aromatic N) is 1. The van der Waals surface area contributed by atoms with Crippen LogP contribution in [0.2, 0.25) is 0 Å². The first-order chi connectivity index (χ1) is 7.67. The number of benzene rings is 1. The SMILES string of the molecule is Cl.[C-]#[N+]c1ccc(OC/C(F)=C\CN)cc1F. The van der Waals surface area contributed by atoms with Crippen molar-refractivity contribution in [3.05, 3.63) is 47.3 Å². The quantitative estimate of drug-likeness (QED) is 0.846. The third-order valence-electron chi connectivity index (χ3n) is 1.76. The van der Waals surface area contributed by atoms with Crippen LogP contribution in [0.1, 0.15) is 0 Å². The van der Waals surface area contributed by atoms with Crippen LogP contribution in [-0.4, -0.2) is 13.2 Å². The van der Waals surface area contributed by atoms with Crippen LogP contribution in [0.5, 0.6) is 5.75 Å². The van der Waals surface area contributed by atoms with Crippen LogP contribution in [0.25, 0.3) is 4.85 Å². The Labute approximate surface area is 104 Å². The first-order valence-corrected chi connectivity index (χ1v) is 4.51. The second-order valence-electron chi connectivity index (χ2n) is 2.90. The maximum Gasteiger partial charge on any atom is 0.222 e. The smallest absolute Gasteiger partial charge is 0.222 e. The van der Waals surface area contributed by atoms with E-state index in [0.717, 1.165) is 6.07 Å². The lowest BCUT2D eigenvalue weighted by Gasteiger charge is -2.05. The molecule has 1 rings (SSSR count). The molecule has 0 atom stereocenters. The normalized spacial score (nSPS) is 10.4. The molecule has 6 heteroatoms. The highest BCUT2D eigenvalue weighted by atomic mass is 35.5. The van der Waals surface area contributed by atoms with Crippen LogP contribution in [0.3, 0.4) is 0 Å². The molecule has 0 aliphatic heterocycles. The third-order valence-corrected chi connectivity index (χ3v) is 1.76. The van der Waals surface area contributed by atoms with E-state index in [1.54, 1.807) is 0 Å². The van der Waals surface area contributed by atoms with E-state index in [4.69, 9.17) is 17.0 Å². The topological polar surface area (TPSA) is 39.6 Å². The lowest BCUT2D eigenvalue weighted by atomic mass is 10.3. The van der Waals surface area contributed by atoms with Gasteiger partial charge in [-0.05, 0) is 18.2 Å². The number of rotatable bonds is 4. The van der Waals surface area contributed by atoms with E-state index in [1.807, 2.05) is 0 Å². The molecule has 0 bridgehead atoms. The lowest BCUT2D eigenvalue weighted by Crippen LogP contribution is -2.01. The third kappa shape index (κ3) is 4.81. The van der Waals surface area contributed by atoms with Gasteiger partial charge in [-0.15, -0.1) is 12.4 Å². The number of ether oxygens (including phenoxy) is 1. The molecule has 0 aliphatic rings. The maximum absolute atomic E-state index is 13.1. The first-order valence-electron chi connectivity index (χ1n) is 4.51. The molecule has 0 spiro atoms. The van der Waals surface area contributed by atoms with Gasteiger partial charge >= 0.3 is 0 Å². The van der Waals surface area contributed by atoms with Gasteiger partial charge in [-0.2, -0.15) is 0 Å². The van der Waals surface area contributed by atoms with Gasteiger partial charge in [-0.3, -0.25) is 0 Å². The summed E-state index contributed by atoms with van der Waals surface area (Å²) in [5.74, 6) is -1.03. The monoisotopic (exact) mass is 260 g/mol. The highest BCUT2D eigenvalue weighted by Gasteiger charge is 2.04. The highest BCUT2D eigenvalue weighted by Crippen LogP contribution is 2.23. The van der Waals surface area contributed by atoms with E-state index in [0.29, 0.717) is 0 Å². The molecule has 17 heavy (non-hydrogen) atoms. The molecule has 0 aliphatic carbocycles. The summed E-state index contributed by atoms with van der Waals surface area (Å²) in [6, 6.07) is 3.73. The van der Waals surface area contributed by atoms with Crippen molar-refractivity contribution in [2.24, 2.45) is 5.73 Å². The van der Waals surface area contributed by atoms with E-state index in [1.165, 1.54) is 18.2 Å². The zero-order valence-electron chi connectivity index (χ0n) is 8.82. The van der Waals surface area contributed by atoms with Crippen molar-refractivity contribution in [1.29, 1.82) is 0 Å². The van der Waals surface area contributed by atoms with Crippen LogP contribution in [0.15, 0.2) is 30.1 Å². The van der Waals surface area contributed by atoms with Gasteiger partial charge in [0.2, 0.25) is 5.69 Å². The minimum Gasteiger partial charge on any atom is -0.487 e. The number of nitrogens with two attached hydrogens (primary N) is 1.